The van der Waals surface area contributed by atoms with Crippen LogP contribution in [0.2, 0.25) is 20.1 Å². The molecule has 1 saturated heterocycles. The summed E-state index contributed by atoms with van der Waals surface area (Å²) in [5.74, 6) is 0.790. The second kappa shape index (κ2) is 9.76. The van der Waals surface area contributed by atoms with E-state index < -0.39 is 0 Å². The molecule has 2 heterocycles. The number of amides is 1. The van der Waals surface area contributed by atoms with Crippen LogP contribution in [-0.2, 0) is 11.3 Å². The number of anilines is 1. The Balaban J connectivity index is 1.31. The van der Waals surface area contributed by atoms with E-state index in [0.29, 0.717) is 49.6 Å². The van der Waals surface area contributed by atoms with Crippen molar-refractivity contribution in [3.8, 4) is 11.4 Å². The van der Waals surface area contributed by atoms with Crippen molar-refractivity contribution in [2.45, 2.75) is 19.4 Å². The molecular formula is C21H18Cl4N4O2. The summed E-state index contributed by atoms with van der Waals surface area (Å²) < 4.78 is 5.38. The monoisotopic (exact) mass is 498 g/mol. The van der Waals surface area contributed by atoms with Crippen molar-refractivity contribution in [1.82, 2.24) is 15.0 Å². The molecule has 0 radical (unpaired) electrons. The van der Waals surface area contributed by atoms with Gasteiger partial charge < -0.3 is 9.84 Å². The van der Waals surface area contributed by atoms with E-state index in [9.17, 15) is 4.79 Å². The van der Waals surface area contributed by atoms with Crippen LogP contribution in [0.1, 0.15) is 18.7 Å². The Kier molecular flexibility index (Phi) is 7.04. The van der Waals surface area contributed by atoms with Crippen molar-refractivity contribution in [3.63, 3.8) is 0 Å². The molecule has 1 amide bonds. The number of piperidine rings is 1. The van der Waals surface area contributed by atoms with E-state index in [-0.39, 0.29) is 11.8 Å². The normalized spacial score (nSPS) is 15.2. The number of likely N-dealkylation sites (tertiary alicyclic amines) is 1. The number of nitrogens with one attached hydrogen (secondary N) is 1. The second-order valence-corrected chi connectivity index (χ2v) is 8.99. The van der Waals surface area contributed by atoms with Crippen LogP contribution in [0.3, 0.4) is 0 Å². The van der Waals surface area contributed by atoms with Gasteiger partial charge in [-0.1, -0.05) is 51.6 Å². The average Bonchev–Trinajstić information content (AvgIpc) is 3.18. The van der Waals surface area contributed by atoms with Gasteiger partial charge in [-0.25, -0.2) is 0 Å². The quantitative estimate of drug-likeness (QED) is 0.452. The van der Waals surface area contributed by atoms with Crippen molar-refractivity contribution in [1.29, 1.82) is 0 Å². The first-order valence-corrected chi connectivity index (χ1v) is 11.2. The van der Waals surface area contributed by atoms with Crippen LogP contribution in [-0.4, -0.2) is 34.0 Å². The van der Waals surface area contributed by atoms with E-state index in [1.807, 2.05) is 0 Å². The molecule has 0 atom stereocenters. The number of aromatic nitrogens is 2. The fourth-order valence-corrected chi connectivity index (χ4v) is 4.42. The SMILES string of the molecule is O=C(Nc1ccc(Cl)cc1Cl)C1CCN(Cc2nc(-c3ccc(Cl)cc3Cl)no2)CC1. The van der Waals surface area contributed by atoms with Crippen molar-refractivity contribution >= 4 is 58.0 Å². The van der Waals surface area contributed by atoms with Gasteiger partial charge in [0.15, 0.2) is 0 Å². The fraction of sp³-hybridized carbons (Fsp3) is 0.286. The third-order valence-electron chi connectivity index (χ3n) is 5.15. The minimum atomic E-state index is -0.0888. The van der Waals surface area contributed by atoms with Gasteiger partial charge in [-0.05, 0) is 62.3 Å². The van der Waals surface area contributed by atoms with Gasteiger partial charge in [-0.15, -0.1) is 0 Å². The van der Waals surface area contributed by atoms with E-state index in [0.717, 1.165) is 25.9 Å². The number of halogens is 4. The van der Waals surface area contributed by atoms with E-state index in [4.69, 9.17) is 50.9 Å². The number of benzene rings is 2. The summed E-state index contributed by atoms with van der Waals surface area (Å²) >= 11 is 24.2. The molecule has 162 valence electrons. The van der Waals surface area contributed by atoms with Crippen LogP contribution in [0, 0.1) is 5.92 Å². The van der Waals surface area contributed by atoms with Crippen molar-refractivity contribution in [3.05, 3.63) is 62.4 Å². The maximum Gasteiger partial charge on any atom is 0.241 e. The second-order valence-electron chi connectivity index (χ2n) is 7.30. The summed E-state index contributed by atoms with van der Waals surface area (Å²) in [5.41, 5.74) is 1.23. The number of rotatable bonds is 5. The third-order valence-corrected chi connectivity index (χ3v) is 6.24. The minimum Gasteiger partial charge on any atom is -0.338 e. The molecule has 6 nitrogen and oxygen atoms in total. The van der Waals surface area contributed by atoms with Gasteiger partial charge in [0.2, 0.25) is 17.6 Å². The standard InChI is InChI=1S/C21H18Cl4N4O2/c22-13-1-3-15(16(24)9-13)20-27-19(31-28-20)11-29-7-5-12(6-8-29)21(30)26-18-4-2-14(23)10-17(18)25/h1-4,9-10,12H,5-8,11H2,(H,26,30). The summed E-state index contributed by atoms with van der Waals surface area (Å²) in [6.07, 6.45) is 1.45. The lowest BCUT2D eigenvalue weighted by atomic mass is 9.96. The maximum atomic E-state index is 12.6. The third kappa shape index (κ3) is 5.51. The smallest absolute Gasteiger partial charge is 0.241 e. The van der Waals surface area contributed by atoms with Crippen LogP contribution < -0.4 is 5.32 Å². The number of nitrogens with zero attached hydrogens (tertiary/aromatic N) is 3. The lowest BCUT2D eigenvalue weighted by molar-refractivity contribution is -0.121. The fourth-order valence-electron chi connectivity index (χ4n) is 3.47. The van der Waals surface area contributed by atoms with Gasteiger partial charge in [-0.3, -0.25) is 9.69 Å². The van der Waals surface area contributed by atoms with E-state index in [1.54, 1.807) is 36.4 Å². The van der Waals surface area contributed by atoms with Crippen LogP contribution in [0.5, 0.6) is 0 Å². The Hall–Kier alpha value is -1.83. The zero-order valence-electron chi connectivity index (χ0n) is 16.2. The Morgan fingerprint density at radius 1 is 1.03 bits per heavy atom. The lowest BCUT2D eigenvalue weighted by Gasteiger charge is -2.30. The molecule has 1 N–H and O–H groups in total. The van der Waals surface area contributed by atoms with Gasteiger partial charge in [0, 0.05) is 21.5 Å². The Morgan fingerprint density at radius 2 is 1.71 bits per heavy atom. The predicted octanol–water partition coefficient (Wildman–Crippen LogP) is 6.20. The molecular weight excluding hydrogens is 482 g/mol. The first-order chi connectivity index (χ1) is 14.9. The highest BCUT2D eigenvalue weighted by Gasteiger charge is 2.26. The highest BCUT2D eigenvalue weighted by molar-refractivity contribution is 6.37. The van der Waals surface area contributed by atoms with Crippen LogP contribution in [0.15, 0.2) is 40.9 Å². The summed E-state index contributed by atoms with van der Waals surface area (Å²) in [6.45, 7) is 1.99. The van der Waals surface area contributed by atoms with Gasteiger partial charge >= 0.3 is 0 Å². The lowest BCUT2D eigenvalue weighted by Crippen LogP contribution is -2.37. The molecule has 1 aliphatic heterocycles. The van der Waals surface area contributed by atoms with Crippen LogP contribution in [0.4, 0.5) is 5.69 Å². The van der Waals surface area contributed by atoms with Gasteiger partial charge in [-0.2, -0.15) is 4.98 Å². The van der Waals surface area contributed by atoms with E-state index >= 15 is 0 Å². The highest BCUT2D eigenvalue weighted by atomic mass is 35.5. The van der Waals surface area contributed by atoms with Gasteiger partial charge in [0.1, 0.15) is 0 Å². The first kappa shape index (κ1) is 22.4. The average molecular weight is 500 g/mol. The summed E-state index contributed by atoms with van der Waals surface area (Å²) in [4.78, 5) is 19.2. The summed E-state index contributed by atoms with van der Waals surface area (Å²) in [5, 5.41) is 8.87. The maximum absolute atomic E-state index is 12.6. The number of carbonyl (C=O) groups excluding carboxylic acids is 1. The molecule has 0 bridgehead atoms. The van der Waals surface area contributed by atoms with E-state index in [1.165, 1.54) is 0 Å². The van der Waals surface area contributed by atoms with Crippen molar-refractivity contribution < 1.29 is 9.32 Å². The Bertz CT molecular complexity index is 1100. The number of carbonyl (C=O) groups is 1. The largest absolute Gasteiger partial charge is 0.338 e. The molecule has 0 unspecified atom stereocenters. The number of hydrogen-bond acceptors (Lipinski definition) is 5. The Morgan fingerprint density at radius 3 is 2.39 bits per heavy atom. The Labute approximate surface area is 199 Å². The first-order valence-electron chi connectivity index (χ1n) is 9.65. The molecule has 1 fully saturated rings. The number of hydrogen-bond donors (Lipinski definition) is 1. The molecule has 4 rings (SSSR count). The topological polar surface area (TPSA) is 71.3 Å². The molecule has 1 aromatic heterocycles. The summed E-state index contributed by atoms with van der Waals surface area (Å²) in [6, 6.07) is 10.1. The van der Waals surface area contributed by atoms with Crippen LogP contribution in [0.25, 0.3) is 11.4 Å². The van der Waals surface area contributed by atoms with Crippen molar-refractivity contribution in [2.75, 3.05) is 18.4 Å². The van der Waals surface area contributed by atoms with Gasteiger partial charge in [0.05, 0.1) is 22.3 Å². The molecule has 0 saturated carbocycles. The molecule has 1 aliphatic rings. The molecule has 0 spiro atoms. The highest BCUT2D eigenvalue weighted by Crippen LogP contribution is 2.29. The van der Waals surface area contributed by atoms with E-state index in [2.05, 4.69) is 20.4 Å². The molecule has 0 aliphatic carbocycles. The summed E-state index contributed by atoms with van der Waals surface area (Å²) in [7, 11) is 0. The molecule has 10 heteroatoms. The molecule has 2 aromatic carbocycles. The zero-order valence-corrected chi connectivity index (χ0v) is 19.3. The van der Waals surface area contributed by atoms with Gasteiger partial charge in [0.25, 0.3) is 0 Å². The zero-order chi connectivity index (χ0) is 22.0. The molecule has 31 heavy (non-hydrogen) atoms. The molecule has 3 aromatic rings. The van der Waals surface area contributed by atoms with Crippen LogP contribution >= 0.6 is 46.4 Å². The predicted molar refractivity (Wildman–Crippen MR) is 123 cm³/mol. The van der Waals surface area contributed by atoms with Crippen molar-refractivity contribution in [2.24, 2.45) is 5.92 Å². The minimum absolute atomic E-state index is 0.0404.